The first-order valence-electron chi connectivity index (χ1n) is 42.6. The Morgan fingerprint density at radius 3 is 1.03 bits per heavy atom. The molecule has 39 nitrogen and oxygen atoms in total. The van der Waals surface area contributed by atoms with Crippen LogP contribution in [0.3, 0.4) is 0 Å². The van der Waals surface area contributed by atoms with Crippen LogP contribution in [0.2, 0.25) is 35.7 Å². The summed E-state index contributed by atoms with van der Waals surface area (Å²) in [6.45, 7) is 9.53. The topological polar surface area (TPSA) is 529 Å². The zero-order chi connectivity index (χ0) is 101. The second-order valence-corrected chi connectivity index (χ2v) is 40.8. The molecule has 6 aromatic heterocycles. The quantitative estimate of drug-likeness (QED) is 0.0125. The van der Waals surface area contributed by atoms with E-state index in [0.29, 0.717) is 195 Å². The molecule has 3 fully saturated rings. The molecule has 9 heterocycles. The van der Waals surface area contributed by atoms with Gasteiger partial charge in [-0.2, -0.15) is 8.61 Å². The summed E-state index contributed by atoms with van der Waals surface area (Å²) in [6.07, 6.45) is 0. The number of anilines is 11. The standard InChI is InChI=1S/C19H22ClN5O3S.C18H20ClN5O3S.C14H11Cl2N3O3S.C14H13ClN4O.C7H4ClN3O2.C7H6ClN3.C7H8ClNO.C5H12N2/c1-24-7-9-25(10-8-24)29(26,27)14-4-5-15-16(12-14)22-19(21-15)23-17-11-13(20)3-6-18(17)28-2;1-23-6-8-24(9-7-23)28(26,27)13-3-4-14-15(11-13)21-18(20-14)22-16-10-12(19)2-5-17(16)25;1-22-13-5-2-8(15)6-12(13)19-14-17-10-4-3-9(23(16,20)21)7-11(10)18-14;1-20-13-5-2-8(15)6-12(13)19-14-17-10-4-3-9(16)7-11(10)18-14;8-7-9-5-2-1-4(11(12)13)3-6(5)10-7;8-7-10-5-2-1-4(9)3-6(5)11-7;1-10-7-3-2-5(8)4-6(7)9;1-7-4-2-6-3-5-7/h3-6,11-12H,7-10H2,1-2H3,(H2,21,22,23);2-5,10-11,25H,6-9H2,1H3,(H2,20,21,22);2-7H,1H3,(H2,17,18,19);2-7H,16H2,1H3,(H2,17,18,19);1-3H,(H,9,10);1-3H,9H2,(H,10,11);2-4H,9H2,1H3;6H,2-5H2,1H3. The number of imidazole rings is 6. The van der Waals surface area contributed by atoms with Gasteiger partial charge in [-0.25, -0.2) is 55.2 Å². The van der Waals surface area contributed by atoms with Gasteiger partial charge in [-0.15, -0.1) is 0 Å². The SMILES string of the molecule is CN1CCN(S(=O)(=O)c2ccc3nc(Nc4cc(Cl)ccc4O)[nH]c3c2)CC1.CN1CCNCC1.COc1ccc(Cl)cc1N.COc1ccc(Cl)cc1Nc1nc2ccc(N)cc2[nH]1.COc1ccc(Cl)cc1Nc1nc2ccc(S(=O)(=O)Cl)cc2[nH]1.COc1ccc(Cl)cc1Nc1nc2ccc(S(=O)(=O)N3CCN(C)CC3)cc2[nH]1.Nc1ccc2nc(Cl)[nH]c2c1.O=[N+]([O-])c1ccc2nc(Cl)[nH]c2c1. The minimum atomic E-state index is -3.79. The van der Waals surface area contributed by atoms with Crippen LogP contribution in [0.15, 0.2) is 215 Å². The second-order valence-electron chi connectivity index (χ2n) is 31.4. The summed E-state index contributed by atoms with van der Waals surface area (Å²) in [5.74, 6) is 4.46. The van der Waals surface area contributed by atoms with Crippen molar-refractivity contribution in [2.24, 2.45) is 0 Å². The third kappa shape index (κ3) is 28.6. The summed E-state index contributed by atoms with van der Waals surface area (Å²) < 4.78 is 98.4. The van der Waals surface area contributed by atoms with Crippen LogP contribution in [0.1, 0.15) is 0 Å². The van der Waals surface area contributed by atoms with Crippen LogP contribution in [-0.2, 0) is 29.1 Å². The predicted molar refractivity (Wildman–Crippen MR) is 561 cm³/mol. The van der Waals surface area contributed by atoms with Crippen LogP contribution in [-0.4, -0.2) is 247 Å². The number of methoxy groups -OCH3 is 4. The van der Waals surface area contributed by atoms with Crippen molar-refractivity contribution in [1.29, 1.82) is 0 Å². The highest BCUT2D eigenvalue weighted by Crippen LogP contribution is 2.37. The molecule has 0 unspecified atom stereocenters. The highest BCUT2D eigenvalue weighted by molar-refractivity contribution is 8.13. The number of rotatable bonds is 18. The molecule has 0 saturated carbocycles. The summed E-state index contributed by atoms with van der Waals surface area (Å²) in [7, 11) is 6.87. The maximum Gasteiger partial charge on any atom is 0.271 e. The molecule has 18 N–H and O–H groups in total. The zero-order valence-electron chi connectivity index (χ0n) is 76.2. The van der Waals surface area contributed by atoms with Crippen molar-refractivity contribution in [3.05, 3.63) is 246 Å². The molecule has 0 bridgehead atoms. The zero-order valence-corrected chi connectivity index (χ0v) is 84.7. The molecule has 141 heavy (non-hydrogen) atoms. The molecule has 0 atom stereocenters. The molecule has 742 valence electrons. The second kappa shape index (κ2) is 47.6. The van der Waals surface area contributed by atoms with Gasteiger partial charge < -0.3 is 112 Å². The van der Waals surface area contributed by atoms with Crippen molar-refractivity contribution in [3.8, 4) is 28.7 Å². The molecule has 3 aliphatic rings. The Labute approximate surface area is 848 Å². The van der Waals surface area contributed by atoms with Crippen LogP contribution in [0, 0.1) is 10.1 Å². The smallest absolute Gasteiger partial charge is 0.271 e. The molecule has 0 amide bonds. The molecular formula is C91H96Cl8N26O13S3. The fourth-order valence-corrected chi connectivity index (χ4v) is 19.0. The molecule has 3 saturated heterocycles. The average molecular weight is 2140 g/mol. The van der Waals surface area contributed by atoms with E-state index >= 15 is 0 Å². The summed E-state index contributed by atoms with van der Waals surface area (Å²) >= 11 is 40.9. The maximum absolute atomic E-state index is 13.0. The molecule has 50 heteroatoms. The number of hydrogen-bond acceptors (Lipinski definition) is 30. The number of sulfonamides is 2. The van der Waals surface area contributed by atoms with Crippen molar-refractivity contribution in [2.75, 3.05) is 167 Å². The highest BCUT2D eigenvalue weighted by Gasteiger charge is 2.30. The van der Waals surface area contributed by atoms with Crippen molar-refractivity contribution >= 4 is 256 Å². The summed E-state index contributed by atoms with van der Waals surface area (Å²) in [4.78, 5) is 60.4. The number of aromatic nitrogens is 12. The van der Waals surface area contributed by atoms with Gasteiger partial charge in [0.2, 0.25) is 54.4 Å². The van der Waals surface area contributed by atoms with E-state index in [1.54, 1.807) is 174 Å². The van der Waals surface area contributed by atoms with Crippen LogP contribution in [0.4, 0.5) is 69.3 Å². The van der Waals surface area contributed by atoms with Gasteiger partial charge in [0.25, 0.3) is 14.7 Å². The van der Waals surface area contributed by atoms with Crippen LogP contribution >= 0.6 is 91.9 Å². The number of non-ortho nitro benzene ring substituents is 1. The maximum atomic E-state index is 13.0. The van der Waals surface area contributed by atoms with E-state index in [1.807, 2.05) is 38.4 Å². The lowest BCUT2D eigenvalue weighted by Gasteiger charge is -2.31. The van der Waals surface area contributed by atoms with E-state index in [9.17, 15) is 40.5 Å². The number of aromatic amines is 6. The Kier molecular flexibility index (Phi) is 35.6. The van der Waals surface area contributed by atoms with E-state index in [0.717, 1.165) is 53.9 Å². The molecule has 17 aromatic rings. The summed E-state index contributed by atoms with van der Waals surface area (Å²) in [5.41, 5.74) is 29.4. The number of H-pyrrole nitrogens is 6. The largest absolute Gasteiger partial charge is 0.506 e. The third-order valence-electron chi connectivity index (χ3n) is 21.5. The normalized spacial score (nSPS) is 13.8. The minimum absolute atomic E-state index is 0.00204. The Morgan fingerprint density at radius 1 is 0.362 bits per heavy atom. The fourth-order valence-electron chi connectivity index (χ4n) is 14.1. The number of fused-ring (bicyclic) bond motifs is 6. The lowest BCUT2D eigenvalue weighted by Crippen LogP contribution is -2.46. The summed E-state index contributed by atoms with van der Waals surface area (Å²) in [6, 6.07) is 54.9. The number of nitrogens with zero attached hydrogens (tertiary/aromatic N) is 12. The number of nitro benzene ring substituents is 1. The predicted octanol–water partition coefficient (Wildman–Crippen LogP) is 18.3. The lowest BCUT2D eigenvalue weighted by atomic mass is 10.3. The molecule has 0 spiro atoms. The van der Waals surface area contributed by atoms with Gasteiger partial charge in [0.05, 0.1) is 143 Å². The van der Waals surface area contributed by atoms with Crippen molar-refractivity contribution in [1.82, 2.24) is 88.4 Å². The molecule has 0 radical (unpaired) electrons. The number of nitrogen functional groups attached to an aromatic ring is 3. The van der Waals surface area contributed by atoms with Gasteiger partial charge in [-0.05, 0) is 232 Å². The van der Waals surface area contributed by atoms with E-state index < -0.39 is 34.0 Å². The van der Waals surface area contributed by atoms with Gasteiger partial charge in [-0.1, -0.05) is 58.0 Å². The number of halogens is 8. The number of phenols is 1. The minimum Gasteiger partial charge on any atom is -0.506 e. The third-order valence-corrected chi connectivity index (χ3v) is 28.1. The summed E-state index contributed by atoms with van der Waals surface area (Å²) in [5, 5.41) is 39.3. The van der Waals surface area contributed by atoms with Crippen molar-refractivity contribution in [2.45, 2.75) is 14.7 Å². The Balaban J connectivity index is 0.000000140. The van der Waals surface area contributed by atoms with E-state index in [-0.39, 0.29) is 31.4 Å². The first-order valence-corrected chi connectivity index (χ1v) is 50.4. The Bertz CT molecular complexity index is 7650. The Morgan fingerprint density at radius 2 is 0.667 bits per heavy atom. The van der Waals surface area contributed by atoms with Crippen LogP contribution in [0.5, 0.6) is 28.7 Å². The number of phenolic OH excluding ortho intramolecular Hbond substituents is 1. The first kappa shape index (κ1) is 105. The number of nitrogens with two attached hydrogens (primary N) is 3. The monoisotopic (exact) mass is 2140 g/mol. The molecule has 3 aliphatic heterocycles. The first-order chi connectivity index (χ1) is 67.3. The van der Waals surface area contributed by atoms with Gasteiger partial charge in [-0.3, -0.25) is 10.1 Å². The number of nitro groups is 1. The van der Waals surface area contributed by atoms with Gasteiger partial charge in [0, 0.05) is 138 Å². The van der Waals surface area contributed by atoms with Crippen LogP contribution < -0.4 is 62.7 Å². The van der Waals surface area contributed by atoms with Gasteiger partial charge in [0.15, 0.2) is 0 Å². The van der Waals surface area contributed by atoms with E-state index in [1.165, 1.54) is 52.0 Å². The van der Waals surface area contributed by atoms with E-state index in [2.05, 4.69) is 108 Å². The molecule has 11 aromatic carbocycles. The molecule has 20 rings (SSSR count). The number of benzene rings is 11. The van der Waals surface area contributed by atoms with Gasteiger partial charge >= 0.3 is 0 Å². The molecule has 0 aliphatic carbocycles. The molecular weight excluding hydrogens is 2040 g/mol. The van der Waals surface area contributed by atoms with Crippen molar-refractivity contribution < 1.29 is 54.2 Å². The number of piperazine rings is 3. The van der Waals surface area contributed by atoms with Gasteiger partial charge in [0.1, 0.15) is 28.7 Å². The van der Waals surface area contributed by atoms with E-state index in [4.69, 9.17) is 128 Å². The number of nitrogens with one attached hydrogen (secondary N) is 11. The Hall–Kier alpha value is -12.8. The fraction of sp³-hybridized carbons (Fsp3) is 0.209. The number of likely N-dealkylation sites (N-methyl/N-ethyl adjacent to an activating group) is 3. The average Bonchev–Trinajstić information content (AvgIpc) is 1.74. The van der Waals surface area contributed by atoms with Crippen LogP contribution in [0.25, 0.3) is 66.2 Å². The lowest BCUT2D eigenvalue weighted by molar-refractivity contribution is -0.384. The number of ether oxygens (including phenoxy) is 4. The number of aromatic hydroxyl groups is 1. The number of hydrogen-bond donors (Lipinski definition) is 15. The van der Waals surface area contributed by atoms with Crippen molar-refractivity contribution in [3.63, 3.8) is 0 Å². The highest BCUT2D eigenvalue weighted by atomic mass is 35.7.